The third kappa shape index (κ3) is 1.72. The number of rotatable bonds is 2. The minimum absolute atomic E-state index is 0.341. The summed E-state index contributed by atoms with van der Waals surface area (Å²) in [6.07, 6.45) is 0. The Labute approximate surface area is 89.3 Å². The summed E-state index contributed by atoms with van der Waals surface area (Å²) in [5.74, 6) is -1.05. The molecular weight excluding hydrogens is 250 g/mol. The van der Waals surface area contributed by atoms with Gasteiger partial charge in [0.05, 0.1) is 4.60 Å². The van der Waals surface area contributed by atoms with Gasteiger partial charge in [-0.2, -0.15) is 0 Å². The molecule has 5 heteroatoms. The molecule has 0 aromatic carbocycles. The molecule has 0 bridgehead atoms. The standard InChI is InChI=1S/C9H10BrNO3/c1-9(2,8(13)14)11-6(10)4-3-5-7(11)12/h3-5H,1-2H3,(H,13,14). The second-order valence-corrected chi connectivity index (χ2v) is 4.20. The smallest absolute Gasteiger partial charge is 0.329 e. The summed E-state index contributed by atoms with van der Waals surface area (Å²) in [6.45, 7) is 2.95. The molecule has 0 amide bonds. The zero-order valence-electron chi connectivity index (χ0n) is 7.82. The number of pyridine rings is 1. The second-order valence-electron chi connectivity index (χ2n) is 3.39. The Morgan fingerprint density at radius 3 is 2.50 bits per heavy atom. The van der Waals surface area contributed by atoms with Crippen molar-refractivity contribution in [3.8, 4) is 0 Å². The third-order valence-electron chi connectivity index (χ3n) is 1.99. The Morgan fingerprint density at radius 1 is 1.50 bits per heavy atom. The molecule has 0 aliphatic rings. The Morgan fingerprint density at radius 2 is 2.07 bits per heavy atom. The van der Waals surface area contributed by atoms with E-state index in [2.05, 4.69) is 15.9 Å². The van der Waals surface area contributed by atoms with Crippen LogP contribution in [0.25, 0.3) is 0 Å². The van der Waals surface area contributed by atoms with Crippen LogP contribution in [-0.4, -0.2) is 15.6 Å². The van der Waals surface area contributed by atoms with Crippen LogP contribution in [0.2, 0.25) is 0 Å². The lowest BCUT2D eigenvalue weighted by Crippen LogP contribution is -2.42. The normalized spacial score (nSPS) is 11.4. The minimum atomic E-state index is -1.25. The Hall–Kier alpha value is -1.10. The number of carbonyl (C=O) groups is 1. The number of halogens is 1. The summed E-state index contributed by atoms with van der Waals surface area (Å²) < 4.78 is 1.65. The lowest BCUT2D eigenvalue weighted by molar-refractivity contribution is -0.145. The molecule has 1 rings (SSSR count). The predicted octanol–water partition coefficient (Wildman–Crippen LogP) is 1.43. The molecule has 1 heterocycles. The van der Waals surface area contributed by atoms with E-state index in [1.807, 2.05) is 0 Å². The lowest BCUT2D eigenvalue weighted by Gasteiger charge is -2.23. The molecule has 0 fully saturated rings. The van der Waals surface area contributed by atoms with Gasteiger partial charge in [-0.15, -0.1) is 0 Å². The fraction of sp³-hybridized carbons (Fsp3) is 0.333. The molecule has 1 aromatic rings. The first-order valence-corrected chi connectivity index (χ1v) is 4.78. The van der Waals surface area contributed by atoms with Crippen LogP contribution in [0.3, 0.4) is 0 Å². The zero-order valence-corrected chi connectivity index (χ0v) is 9.41. The summed E-state index contributed by atoms with van der Waals surface area (Å²) in [5, 5.41) is 8.96. The first-order valence-electron chi connectivity index (χ1n) is 3.99. The van der Waals surface area contributed by atoms with E-state index in [4.69, 9.17) is 5.11 Å². The Bertz CT molecular complexity index is 422. The first-order chi connectivity index (χ1) is 6.37. The van der Waals surface area contributed by atoms with Gasteiger partial charge in [-0.25, -0.2) is 4.79 Å². The zero-order chi connectivity index (χ0) is 10.9. The van der Waals surface area contributed by atoms with Gasteiger partial charge in [-0.05, 0) is 35.8 Å². The largest absolute Gasteiger partial charge is 0.480 e. The molecule has 0 atom stereocenters. The van der Waals surface area contributed by atoms with Crippen LogP contribution < -0.4 is 5.56 Å². The maximum absolute atomic E-state index is 11.5. The number of carboxylic acids is 1. The van der Waals surface area contributed by atoms with Crippen LogP contribution in [0, 0.1) is 0 Å². The lowest BCUT2D eigenvalue weighted by atomic mass is 10.1. The second kappa shape index (κ2) is 3.57. The van der Waals surface area contributed by atoms with Crippen LogP contribution >= 0.6 is 15.9 Å². The highest BCUT2D eigenvalue weighted by Crippen LogP contribution is 2.18. The van der Waals surface area contributed by atoms with Crippen molar-refractivity contribution in [3.05, 3.63) is 33.2 Å². The number of hydrogen-bond acceptors (Lipinski definition) is 2. The van der Waals surface area contributed by atoms with E-state index in [9.17, 15) is 9.59 Å². The first kappa shape index (κ1) is 11.0. The summed E-state index contributed by atoms with van der Waals surface area (Å²) in [5.41, 5.74) is -1.59. The molecule has 76 valence electrons. The van der Waals surface area contributed by atoms with E-state index in [1.165, 1.54) is 24.5 Å². The van der Waals surface area contributed by atoms with E-state index in [-0.39, 0.29) is 5.56 Å². The molecule has 1 aromatic heterocycles. The number of aliphatic carboxylic acids is 1. The van der Waals surface area contributed by atoms with Crippen molar-refractivity contribution >= 4 is 21.9 Å². The van der Waals surface area contributed by atoms with Crippen molar-refractivity contribution in [3.63, 3.8) is 0 Å². The van der Waals surface area contributed by atoms with Crippen LogP contribution in [0.4, 0.5) is 0 Å². The number of carboxylic acid groups (broad SMARTS) is 1. The maximum atomic E-state index is 11.5. The summed E-state index contributed by atoms with van der Waals surface area (Å²) >= 11 is 3.15. The number of hydrogen-bond donors (Lipinski definition) is 1. The van der Waals surface area contributed by atoms with E-state index in [0.717, 1.165) is 0 Å². The highest BCUT2D eigenvalue weighted by atomic mass is 79.9. The van der Waals surface area contributed by atoms with Crippen molar-refractivity contribution in [2.24, 2.45) is 0 Å². The maximum Gasteiger partial charge on any atom is 0.329 e. The molecule has 1 N–H and O–H groups in total. The van der Waals surface area contributed by atoms with Crippen molar-refractivity contribution in [1.82, 2.24) is 4.57 Å². The average molecular weight is 260 g/mol. The molecular formula is C9H10BrNO3. The van der Waals surface area contributed by atoms with E-state index < -0.39 is 11.5 Å². The van der Waals surface area contributed by atoms with Crippen molar-refractivity contribution < 1.29 is 9.90 Å². The van der Waals surface area contributed by atoms with Gasteiger partial charge < -0.3 is 5.11 Å². The molecule has 0 unspecified atom stereocenters. The van der Waals surface area contributed by atoms with Crippen LogP contribution in [-0.2, 0) is 10.3 Å². The SMILES string of the molecule is CC(C)(C(=O)O)n1c(Br)cccc1=O. The molecule has 4 nitrogen and oxygen atoms in total. The van der Waals surface area contributed by atoms with Gasteiger partial charge in [0.25, 0.3) is 5.56 Å². The van der Waals surface area contributed by atoms with E-state index >= 15 is 0 Å². The van der Waals surface area contributed by atoms with Gasteiger partial charge in [-0.3, -0.25) is 9.36 Å². The monoisotopic (exact) mass is 259 g/mol. The summed E-state index contributed by atoms with van der Waals surface area (Å²) in [7, 11) is 0. The van der Waals surface area contributed by atoms with E-state index in [1.54, 1.807) is 12.1 Å². The Kier molecular flexibility index (Phi) is 2.80. The van der Waals surface area contributed by atoms with Crippen molar-refractivity contribution in [1.29, 1.82) is 0 Å². The molecule has 0 aliphatic heterocycles. The number of aromatic nitrogens is 1. The van der Waals surface area contributed by atoms with Crippen molar-refractivity contribution in [2.45, 2.75) is 19.4 Å². The fourth-order valence-corrected chi connectivity index (χ4v) is 1.87. The highest BCUT2D eigenvalue weighted by Gasteiger charge is 2.31. The van der Waals surface area contributed by atoms with Gasteiger partial charge >= 0.3 is 5.97 Å². The average Bonchev–Trinajstić information content (AvgIpc) is 2.02. The van der Waals surface area contributed by atoms with Gasteiger partial charge in [-0.1, -0.05) is 6.07 Å². The quantitative estimate of drug-likeness (QED) is 0.818. The molecule has 0 saturated heterocycles. The molecule has 0 saturated carbocycles. The summed E-state index contributed by atoms with van der Waals surface area (Å²) in [6, 6.07) is 4.53. The third-order valence-corrected chi connectivity index (χ3v) is 2.61. The Balaban J connectivity index is 3.46. The van der Waals surface area contributed by atoms with Gasteiger partial charge in [0.1, 0.15) is 5.54 Å². The topological polar surface area (TPSA) is 59.3 Å². The fourth-order valence-electron chi connectivity index (χ4n) is 1.10. The highest BCUT2D eigenvalue weighted by molar-refractivity contribution is 9.10. The predicted molar refractivity (Wildman–Crippen MR) is 55.4 cm³/mol. The molecule has 0 aliphatic carbocycles. The van der Waals surface area contributed by atoms with Crippen LogP contribution in [0.5, 0.6) is 0 Å². The molecule has 0 spiro atoms. The van der Waals surface area contributed by atoms with Gasteiger partial charge in [0.15, 0.2) is 0 Å². The van der Waals surface area contributed by atoms with Crippen LogP contribution in [0.1, 0.15) is 13.8 Å². The van der Waals surface area contributed by atoms with Crippen LogP contribution in [0.15, 0.2) is 27.6 Å². The molecule has 0 radical (unpaired) electrons. The van der Waals surface area contributed by atoms with Crippen molar-refractivity contribution in [2.75, 3.05) is 0 Å². The molecule has 14 heavy (non-hydrogen) atoms. The van der Waals surface area contributed by atoms with Gasteiger partial charge in [0, 0.05) is 6.07 Å². The van der Waals surface area contributed by atoms with E-state index in [0.29, 0.717) is 4.60 Å². The summed E-state index contributed by atoms with van der Waals surface area (Å²) in [4.78, 5) is 22.4. The minimum Gasteiger partial charge on any atom is -0.480 e. The van der Waals surface area contributed by atoms with Gasteiger partial charge in [0.2, 0.25) is 0 Å². The number of nitrogens with zero attached hydrogens (tertiary/aromatic N) is 1.